The van der Waals surface area contributed by atoms with E-state index in [0.717, 1.165) is 6.54 Å². The van der Waals surface area contributed by atoms with Gasteiger partial charge in [-0.2, -0.15) is 5.10 Å². The Kier molecular flexibility index (Phi) is 5.51. The maximum Gasteiger partial charge on any atom is 0.200 e. The third-order valence-electron chi connectivity index (χ3n) is 4.22. The van der Waals surface area contributed by atoms with Gasteiger partial charge in [-0.25, -0.2) is 22.0 Å². The van der Waals surface area contributed by atoms with Crippen molar-refractivity contribution >= 4 is 11.4 Å². The highest BCUT2D eigenvalue weighted by Crippen LogP contribution is 2.27. The molecule has 26 heavy (non-hydrogen) atoms. The van der Waals surface area contributed by atoms with Crippen LogP contribution in [0.3, 0.4) is 0 Å². The third kappa shape index (κ3) is 3.85. The van der Waals surface area contributed by atoms with Gasteiger partial charge in [-0.05, 0) is 5.56 Å². The van der Waals surface area contributed by atoms with Crippen molar-refractivity contribution in [3.63, 3.8) is 0 Å². The lowest BCUT2D eigenvalue weighted by Crippen LogP contribution is -2.33. The van der Waals surface area contributed by atoms with Crippen molar-refractivity contribution in [3.05, 3.63) is 65.0 Å². The lowest BCUT2D eigenvalue weighted by atomic mass is 10.1. The van der Waals surface area contributed by atoms with Gasteiger partial charge in [0.15, 0.2) is 23.3 Å². The molecule has 3 nitrogen and oxygen atoms in total. The first-order valence-electron chi connectivity index (χ1n) is 8.06. The van der Waals surface area contributed by atoms with Crippen LogP contribution in [0.4, 0.5) is 27.6 Å². The Labute approximate surface area is 147 Å². The van der Waals surface area contributed by atoms with Gasteiger partial charge < -0.3 is 0 Å². The van der Waals surface area contributed by atoms with Gasteiger partial charge in [0.2, 0.25) is 5.82 Å². The Bertz CT molecular complexity index is 784. The lowest BCUT2D eigenvalue weighted by molar-refractivity contribution is 0.266. The van der Waals surface area contributed by atoms with Crippen LogP contribution in [0.5, 0.6) is 0 Å². The fourth-order valence-electron chi connectivity index (χ4n) is 2.76. The van der Waals surface area contributed by atoms with E-state index in [1.54, 1.807) is 0 Å². The van der Waals surface area contributed by atoms with E-state index < -0.39 is 34.8 Å². The van der Waals surface area contributed by atoms with E-state index in [1.165, 1.54) is 5.56 Å². The molecule has 3 rings (SSSR count). The van der Waals surface area contributed by atoms with E-state index in [1.807, 2.05) is 35.8 Å². The Morgan fingerprint density at radius 2 is 1.35 bits per heavy atom. The normalized spacial score (nSPS) is 15.2. The molecule has 8 heteroatoms. The first-order chi connectivity index (χ1) is 12.5. The zero-order valence-electron chi connectivity index (χ0n) is 13.7. The number of halogens is 5. The summed E-state index contributed by atoms with van der Waals surface area (Å²) in [5.41, 5.74) is 2.64. The molecule has 1 N–H and O–H groups in total. The van der Waals surface area contributed by atoms with Crippen LogP contribution in [0.15, 0.2) is 35.4 Å². The second-order valence-corrected chi connectivity index (χ2v) is 6.00. The van der Waals surface area contributed by atoms with Gasteiger partial charge in [0.05, 0.1) is 0 Å². The summed E-state index contributed by atoms with van der Waals surface area (Å²) in [5.74, 6) is -10.0. The monoisotopic (exact) mass is 369 g/mol. The fraction of sp³-hybridized carbons (Fsp3) is 0.278. The Morgan fingerprint density at radius 3 is 1.92 bits per heavy atom. The number of hydrogen-bond donors (Lipinski definition) is 1. The van der Waals surface area contributed by atoms with Crippen LogP contribution >= 0.6 is 0 Å². The van der Waals surface area contributed by atoms with E-state index in [-0.39, 0.29) is 0 Å². The van der Waals surface area contributed by atoms with Gasteiger partial charge in [-0.3, -0.25) is 10.3 Å². The van der Waals surface area contributed by atoms with Crippen molar-refractivity contribution in [3.8, 4) is 0 Å². The topological polar surface area (TPSA) is 27.6 Å². The SMILES string of the molecule is Fc1c(F)c(F)c(NN=C2CCN(Cc3ccccc3)CC2)c(F)c1F. The average molecular weight is 369 g/mol. The molecule has 0 saturated carbocycles. The fourth-order valence-corrected chi connectivity index (χ4v) is 2.76. The van der Waals surface area contributed by atoms with Gasteiger partial charge in [0.25, 0.3) is 0 Å². The summed E-state index contributed by atoms with van der Waals surface area (Å²) in [6, 6.07) is 9.90. The van der Waals surface area contributed by atoms with Crippen LogP contribution in [0.25, 0.3) is 0 Å². The van der Waals surface area contributed by atoms with E-state index in [0.29, 0.717) is 31.6 Å². The summed E-state index contributed by atoms with van der Waals surface area (Å²) in [6.07, 6.45) is 1.07. The molecule has 0 radical (unpaired) electrons. The standard InChI is InChI=1S/C18H16F5N3/c19-13-14(20)16(22)18(17(23)15(13)21)25-24-12-6-8-26(9-7-12)10-11-4-2-1-3-5-11/h1-5,25H,6-10H2. The van der Waals surface area contributed by atoms with Crippen molar-refractivity contribution < 1.29 is 22.0 Å². The molecule has 1 aliphatic rings. The minimum atomic E-state index is -2.19. The molecular weight excluding hydrogens is 353 g/mol. The Morgan fingerprint density at radius 1 is 0.808 bits per heavy atom. The van der Waals surface area contributed by atoms with Crippen LogP contribution in [0.1, 0.15) is 18.4 Å². The van der Waals surface area contributed by atoms with Crippen LogP contribution in [-0.2, 0) is 6.54 Å². The van der Waals surface area contributed by atoms with Crippen molar-refractivity contribution in [2.75, 3.05) is 18.5 Å². The van der Waals surface area contributed by atoms with Crippen molar-refractivity contribution in [1.82, 2.24) is 4.90 Å². The molecule has 1 heterocycles. The number of anilines is 1. The molecule has 0 aliphatic carbocycles. The highest BCUT2D eigenvalue weighted by atomic mass is 19.2. The van der Waals surface area contributed by atoms with E-state index in [9.17, 15) is 22.0 Å². The molecule has 1 saturated heterocycles. The lowest BCUT2D eigenvalue weighted by Gasteiger charge is -2.27. The number of benzene rings is 2. The summed E-state index contributed by atoms with van der Waals surface area (Å²) in [7, 11) is 0. The molecular formula is C18H16F5N3. The smallest absolute Gasteiger partial charge is 0.200 e. The maximum absolute atomic E-state index is 13.6. The summed E-state index contributed by atoms with van der Waals surface area (Å²) in [4.78, 5) is 2.20. The molecule has 2 aromatic carbocycles. The molecule has 1 fully saturated rings. The maximum atomic E-state index is 13.6. The van der Waals surface area contributed by atoms with Gasteiger partial charge >= 0.3 is 0 Å². The Hall–Kier alpha value is -2.48. The number of piperidine rings is 1. The van der Waals surface area contributed by atoms with E-state index in [2.05, 4.69) is 10.0 Å². The highest BCUT2D eigenvalue weighted by Gasteiger charge is 2.26. The molecule has 138 valence electrons. The van der Waals surface area contributed by atoms with Gasteiger partial charge in [0, 0.05) is 38.2 Å². The second-order valence-electron chi connectivity index (χ2n) is 6.00. The number of nitrogens with one attached hydrogen (secondary N) is 1. The quantitative estimate of drug-likeness (QED) is 0.373. The first kappa shape index (κ1) is 18.3. The predicted molar refractivity (Wildman–Crippen MR) is 88.2 cm³/mol. The number of hydrazone groups is 1. The van der Waals surface area contributed by atoms with Gasteiger partial charge in [-0.15, -0.1) is 0 Å². The minimum absolute atomic E-state index is 0.537. The molecule has 2 aromatic rings. The number of nitrogens with zero attached hydrogens (tertiary/aromatic N) is 2. The van der Waals surface area contributed by atoms with Crippen LogP contribution in [0, 0.1) is 29.1 Å². The van der Waals surface area contributed by atoms with Crippen molar-refractivity contribution in [1.29, 1.82) is 0 Å². The van der Waals surface area contributed by atoms with Crippen LogP contribution in [-0.4, -0.2) is 23.7 Å². The molecule has 0 spiro atoms. The highest BCUT2D eigenvalue weighted by molar-refractivity contribution is 5.86. The molecule has 0 amide bonds. The zero-order chi connectivity index (χ0) is 18.7. The number of hydrogen-bond acceptors (Lipinski definition) is 3. The molecule has 0 aromatic heterocycles. The van der Waals surface area contributed by atoms with Gasteiger partial charge in [0.1, 0.15) is 5.69 Å². The zero-order valence-corrected chi connectivity index (χ0v) is 13.7. The van der Waals surface area contributed by atoms with E-state index >= 15 is 0 Å². The minimum Gasteiger partial charge on any atom is -0.298 e. The summed E-state index contributed by atoms with van der Waals surface area (Å²) in [5, 5.41) is 3.83. The first-order valence-corrected chi connectivity index (χ1v) is 8.06. The second kappa shape index (κ2) is 7.82. The molecule has 0 atom stereocenters. The van der Waals surface area contributed by atoms with E-state index in [4.69, 9.17) is 0 Å². The largest absolute Gasteiger partial charge is 0.298 e. The Balaban J connectivity index is 1.63. The summed E-state index contributed by atoms with van der Waals surface area (Å²) >= 11 is 0. The predicted octanol–water partition coefficient (Wildman–Crippen LogP) is 4.45. The average Bonchev–Trinajstić information content (AvgIpc) is 2.67. The summed E-state index contributed by atoms with van der Waals surface area (Å²) < 4.78 is 66.6. The van der Waals surface area contributed by atoms with Crippen LogP contribution < -0.4 is 5.43 Å². The number of likely N-dealkylation sites (tertiary alicyclic amines) is 1. The summed E-state index contributed by atoms with van der Waals surface area (Å²) in [6.45, 7) is 2.15. The van der Waals surface area contributed by atoms with Crippen LogP contribution in [0.2, 0.25) is 0 Å². The van der Waals surface area contributed by atoms with Crippen molar-refractivity contribution in [2.24, 2.45) is 5.10 Å². The molecule has 1 aliphatic heterocycles. The number of rotatable bonds is 4. The molecule has 0 unspecified atom stereocenters. The third-order valence-corrected chi connectivity index (χ3v) is 4.22. The molecule has 0 bridgehead atoms. The van der Waals surface area contributed by atoms with Crippen molar-refractivity contribution in [2.45, 2.75) is 19.4 Å². The van der Waals surface area contributed by atoms with Gasteiger partial charge in [-0.1, -0.05) is 30.3 Å².